The second kappa shape index (κ2) is 4.86. The van der Waals surface area contributed by atoms with Crippen LogP contribution in [0.25, 0.3) is 0 Å². The van der Waals surface area contributed by atoms with Gasteiger partial charge in [-0.15, -0.1) is 11.3 Å². The second-order valence-electron chi connectivity index (χ2n) is 5.45. The van der Waals surface area contributed by atoms with Gasteiger partial charge in [-0.05, 0) is 36.3 Å². The van der Waals surface area contributed by atoms with E-state index in [4.69, 9.17) is 0 Å². The largest absolute Gasteiger partial charge is 0.396 e. The average Bonchev–Trinajstić information content (AvgIpc) is 2.75. The van der Waals surface area contributed by atoms with Crippen LogP contribution in [0.15, 0.2) is 11.4 Å². The molecule has 2 rings (SSSR count). The number of rotatable bonds is 4. The normalized spacial score (nSPS) is 20.8. The van der Waals surface area contributed by atoms with Crippen molar-refractivity contribution < 1.29 is 5.11 Å². The summed E-state index contributed by atoms with van der Waals surface area (Å²) < 4.78 is 0. The number of aliphatic hydroxyl groups is 1. The molecule has 0 bridgehead atoms. The van der Waals surface area contributed by atoms with Crippen LogP contribution in [0.5, 0.6) is 0 Å². The summed E-state index contributed by atoms with van der Waals surface area (Å²) in [7, 11) is 0. The van der Waals surface area contributed by atoms with E-state index in [2.05, 4.69) is 30.6 Å². The molecule has 1 heterocycles. The number of aliphatic hydroxyl groups excluding tert-OH is 1. The minimum atomic E-state index is -0.0202. The summed E-state index contributed by atoms with van der Waals surface area (Å²) >= 11 is 1.88. The maximum atomic E-state index is 9.24. The number of fused-ring (bicyclic) bond motifs is 1. The zero-order valence-electron chi connectivity index (χ0n) is 10.1. The molecule has 0 aromatic carbocycles. The Bertz CT molecular complexity index is 345. The highest BCUT2D eigenvalue weighted by molar-refractivity contribution is 7.10. The molecule has 2 N–H and O–H groups in total. The Morgan fingerprint density at radius 3 is 3.12 bits per heavy atom. The lowest BCUT2D eigenvalue weighted by molar-refractivity contribution is 0.152. The smallest absolute Gasteiger partial charge is 0.0494 e. The molecule has 0 spiro atoms. The van der Waals surface area contributed by atoms with Gasteiger partial charge in [0.2, 0.25) is 0 Å². The van der Waals surface area contributed by atoms with E-state index >= 15 is 0 Å². The molecule has 1 atom stereocenters. The van der Waals surface area contributed by atoms with Crippen LogP contribution >= 0.6 is 11.3 Å². The highest BCUT2D eigenvalue weighted by Gasteiger charge is 2.23. The lowest BCUT2D eigenvalue weighted by Crippen LogP contribution is -2.35. The molecule has 1 unspecified atom stereocenters. The van der Waals surface area contributed by atoms with Crippen molar-refractivity contribution in [2.45, 2.75) is 39.2 Å². The third-order valence-electron chi connectivity index (χ3n) is 3.31. The molecule has 3 heteroatoms. The van der Waals surface area contributed by atoms with Crippen LogP contribution in [0.2, 0.25) is 0 Å². The molecule has 1 aliphatic carbocycles. The third-order valence-corrected chi connectivity index (χ3v) is 4.30. The Balaban J connectivity index is 1.98. The molecule has 90 valence electrons. The van der Waals surface area contributed by atoms with Crippen molar-refractivity contribution in [3.8, 4) is 0 Å². The standard InChI is InChI=1S/C13H21NOS/c1-13(2,9-15)8-14-11-4-3-5-12-10(11)6-7-16-12/h6-7,11,14-15H,3-5,8-9H2,1-2H3. The van der Waals surface area contributed by atoms with E-state index in [0.29, 0.717) is 6.04 Å². The second-order valence-corrected chi connectivity index (χ2v) is 6.45. The molecule has 0 saturated carbocycles. The maximum Gasteiger partial charge on any atom is 0.0494 e. The summed E-state index contributed by atoms with van der Waals surface area (Å²) in [6, 6.07) is 2.75. The van der Waals surface area contributed by atoms with Crippen molar-refractivity contribution in [1.82, 2.24) is 5.32 Å². The fraction of sp³-hybridized carbons (Fsp3) is 0.692. The molecule has 1 aromatic rings. The Kier molecular flexibility index (Phi) is 3.67. The van der Waals surface area contributed by atoms with Gasteiger partial charge < -0.3 is 10.4 Å². The first kappa shape index (κ1) is 12.1. The van der Waals surface area contributed by atoms with Crippen LogP contribution < -0.4 is 5.32 Å². The van der Waals surface area contributed by atoms with Gasteiger partial charge in [0.1, 0.15) is 0 Å². The van der Waals surface area contributed by atoms with Gasteiger partial charge in [0.15, 0.2) is 0 Å². The molecule has 0 saturated heterocycles. The molecular weight excluding hydrogens is 218 g/mol. The van der Waals surface area contributed by atoms with E-state index in [9.17, 15) is 5.11 Å². The fourth-order valence-corrected chi connectivity index (χ4v) is 3.14. The molecule has 2 nitrogen and oxygen atoms in total. The first-order valence-electron chi connectivity index (χ1n) is 6.03. The molecular formula is C13H21NOS. The highest BCUT2D eigenvalue weighted by Crippen LogP contribution is 2.33. The minimum absolute atomic E-state index is 0.0202. The van der Waals surface area contributed by atoms with Crippen LogP contribution in [0, 0.1) is 5.41 Å². The van der Waals surface area contributed by atoms with Crippen molar-refractivity contribution in [3.05, 3.63) is 21.9 Å². The van der Waals surface area contributed by atoms with E-state index in [1.807, 2.05) is 11.3 Å². The predicted molar refractivity (Wildman–Crippen MR) is 68.9 cm³/mol. The Morgan fingerprint density at radius 1 is 1.56 bits per heavy atom. The van der Waals surface area contributed by atoms with Gasteiger partial charge in [0.05, 0.1) is 0 Å². The molecule has 1 aliphatic rings. The van der Waals surface area contributed by atoms with Gasteiger partial charge in [-0.25, -0.2) is 0 Å². The van der Waals surface area contributed by atoms with Gasteiger partial charge >= 0.3 is 0 Å². The average molecular weight is 239 g/mol. The lowest BCUT2D eigenvalue weighted by atomic mass is 9.91. The SMILES string of the molecule is CC(C)(CO)CNC1CCCc2sccc21. The molecule has 0 fully saturated rings. The van der Waals surface area contributed by atoms with Gasteiger partial charge in [-0.3, -0.25) is 0 Å². The number of aryl methyl sites for hydroxylation is 1. The Labute approximate surface area is 102 Å². The van der Waals surface area contributed by atoms with E-state index in [0.717, 1.165) is 6.54 Å². The summed E-state index contributed by atoms with van der Waals surface area (Å²) in [5, 5.41) is 15.0. The minimum Gasteiger partial charge on any atom is -0.396 e. The van der Waals surface area contributed by atoms with Gasteiger partial charge in [-0.1, -0.05) is 13.8 Å². The van der Waals surface area contributed by atoms with E-state index in [1.165, 1.54) is 24.8 Å². The van der Waals surface area contributed by atoms with Crippen LogP contribution in [0.1, 0.15) is 43.2 Å². The van der Waals surface area contributed by atoms with Crippen LogP contribution in [-0.2, 0) is 6.42 Å². The Morgan fingerprint density at radius 2 is 2.38 bits per heavy atom. The molecule has 1 aromatic heterocycles. The number of hydrogen-bond acceptors (Lipinski definition) is 3. The van der Waals surface area contributed by atoms with Crippen LogP contribution in [0.3, 0.4) is 0 Å². The molecule has 0 radical (unpaired) electrons. The topological polar surface area (TPSA) is 32.3 Å². The quantitative estimate of drug-likeness (QED) is 0.847. The van der Waals surface area contributed by atoms with Crippen molar-refractivity contribution in [1.29, 1.82) is 0 Å². The third kappa shape index (κ3) is 2.65. The van der Waals surface area contributed by atoms with Gasteiger partial charge in [-0.2, -0.15) is 0 Å². The summed E-state index contributed by atoms with van der Waals surface area (Å²) in [6.45, 7) is 5.31. The van der Waals surface area contributed by atoms with Gasteiger partial charge in [0.25, 0.3) is 0 Å². The molecule has 0 aliphatic heterocycles. The van der Waals surface area contributed by atoms with Crippen molar-refractivity contribution >= 4 is 11.3 Å². The predicted octanol–water partition coefficient (Wildman–Crippen LogP) is 2.73. The number of hydrogen-bond donors (Lipinski definition) is 2. The zero-order chi connectivity index (χ0) is 11.6. The number of thiophene rings is 1. The fourth-order valence-electron chi connectivity index (χ4n) is 2.15. The van der Waals surface area contributed by atoms with E-state index in [-0.39, 0.29) is 12.0 Å². The summed E-state index contributed by atoms with van der Waals surface area (Å²) in [5.41, 5.74) is 1.47. The van der Waals surface area contributed by atoms with Crippen LogP contribution in [-0.4, -0.2) is 18.3 Å². The monoisotopic (exact) mass is 239 g/mol. The van der Waals surface area contributed by atoms with Crippen molar-refractivity contribution in [3.63, 3.8) is 0 Å². The van der Waals surface area contributed by atoms with E-state index < -0.39 is 0 Å². The summed E-state index contributed by atoms with van der Waals surface area (Å²) in [6.07, 6.45) is 3.75. The molecule has 0 amide bonds. The highest BCUT2D eigenvalue weighted by atomic mass is 32.1. The summed E-state index contributed by atoms with van der Waals surface area (Å²) in [5.74, 6) is 0. The first-order valence-corrected chi connectivity index (χ1v) is 6.91. The molecule has 16 heavy (non-hydrogen) atoms. The van der Waals surface area contributed by atoms with Crippen molar-refractivity contribution in [2.24, 2.45) is 5.41 Å². The maximum absolute atomic E-state index is 9.24. The van der Waals surface area contributed by atoms with E-state index in [1.54, 1.807) is 4.88 Å². The van der Waals surface area contributed by atoms with Crippen LogP contribution in [0.4, 0.5) is 0 Å². The van der Waals surface area contributed by atoms with Crippen molar-refractivity contribution in [2.75, 3.05) is 13.2 Å². The first-order chi connectivity index (χ1) is 7.62. The Hall–Kier alpha value is -0.380. The number of nitrogens with one attached hydrogen (secondary N) is 1. The van der Waals surface area contributed by atoms with Gasteiger partial charge in [0, 0.05) is 29.5 Å². The lowest BCUT2D eigenvalue weighted by Gasteiger charge is -2.29. The zero-order valence-corrected chi connectivity index (χ0v) is 10.9. The summed E-state index contributed by atoms with van der Waals surface area (Å²) in [4.78, 5) is 1.55.